The van der Waals surface area contributed by atoms with Crippen LogP contribution in [-0.2, 0) is 11.3 Å². The number of amides is 1. The molecule has 0 fully saturated rings. The van der Waals surface area contributed by atoms with Gasteiger partial charge in [0.1, 0.15) is 0 Å². The lowest BCUT2D eigenvalue weighted by Crippen LogP contribution is -2.25. The van der Waals surface area contributed by atoms with Gasteiger partial charge in [0.05, 0.1) is 10.8 Å². The molecule has 7 nitrogen and oxygen atoms in total. The summed E-state index contributed by atoms with van der Waals surface area (Å²) in [5.74, 6) is 6.52. The predicted molar refractivity (Wildman–Crippen MR) is 119 cm³/mol. The first-order chi connectivity index (χ1) is 13.8. The van der Waals surface area contributed by atoms with Gasteiger partial charge in [-0.25, -0.2) is 4.68 Å². The summed E-state index contributed by atoms with van der Waals surface area (Å²) in [4.78, 5) is 14.2. The van der Waals surface area contributed by atoms with Crippen LogP contribution < -0.4 is 16.1 Å². The van der Waals surface area contributed by atoms with E-state index in [9.17, 15) is 4.79 Å². The third kappa shape index (κ3) is 5.35. The number of thioether (sulfide) groups is 1. The summed E-state index contributed by atoms with van der Waals surface area (Å²) >= 11 is 13.3. The molecule has 3 aromatic rings. The highest BCUT2D eigenvalue weighted by atomic mass is 35.5. The van der Waals surface area contributed by atoms with Crippen LogP contribution in [-0.4, -0.2) is 40.6 Å². The quantitative estimate of drug-likeness (QED) is 0.423. The molecular weight excluding hydrogens is 431 g/mol. The lowest BCUT2D eigenvalue weighted by molar-refractivity contribution is -0.118. The Balaban J connectivity index is 1.56. The van der Waals surface area contributed by atoms with Crippen LogP contribution in [0, 0.1) is 0 Å². The van der Waals surface area contributed by atoms with Crippen LogP contribution in [0.1, 0.15) is 5.56 Å². The number of benzene rings is 2. The Bertz CT molecular complexity index is 1010. The fourth-order valence-electron chi connectivity index (χ4n) is 2.52. The zero-order valence-corrected chi connectivity index (χ0v) is 18.2. The van der Waals surface area contributed by atoms with Crippen LogP contribution in [0.3, 0.4) is 0 Å². The van der Waals surface area contributed by atoms with Crippen molar-refractivity contribution in [2.75, 3.05) is 30.6 Å². The second-order valence-electron chi connectivity index (χ2n) is 6.43. The Morgan fingerprint density at radius 1 is 1.17 bits per heavy atom. The van der Waals surface area contributed by atoms with Gasteiger partial charge in [-0.05, 0) is 35.9 Å². The number of nitrogen functional groups attached to an aromatic ring is 1. The number of hydrogen-bond acceptors (Lipinski definition) is 6. The molecule has 2 aromatic carbocycles. The van der Waals surface area contributed by atoms with E-state index >= 15 is 0 Å². The van der Waals surface area contributed by atoms with Crippen molar-refractivity contribution in [3.63, 3.8) is 0 Å². The van der Waals surface area contributed by atoms with Gasteiger partial charge in [-0.1, -0.05) is 47.1 Å². The van der Waals surface area contributed by atoms with Crippen molar-refractivity contribution in [2.45, 2.75) is 11.7 Å². The Labute approximate surface area is 183 Å². The number of hydrogen-bond donors (Lipinski definition) is 2. The van der Waals surface area contributed by atoms with Gasteiger partial charge in [0, 0.05) is 36.9 Å². The molecule has 152 valence electrons. The summed E-state index contributed by atoms with van der Waals surface area (Å²) in [7, 11) is 3.97. The summed E-state index contributed by atoms with van der Waals surface area (Å²) in [6.07, 6.45) is 0. The average Bonchev–Trinajstić information content (AvgIpc) is 3.05. The molecule has 0 aliphatic rings. The van der Waals surface area contributed by atoms with Crippen LogP contribution in [0.25, 0.3) is 11.4 Å². The Morgan fingerprint density at radius 2 is 1.90 bits per heavy atom. The van der Waals surface area contributed by atoms with E-state index in [1.54, 1.807) is 18.2 Å². The molecule has 0 aliphatic heterocycles. The van der Waals surface area contributed by atoms with Crippen molar-refractivity contribution >= 4 is 46.6 Å². The lowest BCUT2D eigenvalue weighted by atomic mass is 10.2. The minimum absolute atomic E-state index is 0.124. The number of nitrogens with zero attached hydrogens (tertiary/aromatic N) is 4. The molecule has 0 saturated carbocycles. The van der Waals surface area contributed by atoms with Gasteiger partial charge in [0.25, 0.3) is 0 Å². The SMILES string of the molecule is CN(C)c1ccc(CNC(=O)CSc2nnc(-c3ccc(Cl)cc3Cl)n2N)cc1. The number of rotatable bonds is 7. The summed E-state index contributed by atoms with van der Waals surface area (Å²) in [5, 5.41) is 12.4. The zero-order chi connectivity index (χ0) is 21.0. The number of carbonyl (C=O) groups is 1. The van der Waals surface area contributed by atoms with Crippen molar-refractivity contribution < 1.29 is 4.79 Å². The van der Waals surface area contributed by atoms with Gasteiger partial charge in [-0.3, -0.25) is 4.79 Å². The minimum Gasteiger partial charge on any atom is -0.378 e. The molecule has 0 radical (unpaired) electrons. The molecule has 0 unspecified atom stereocenters. The van der Waals surface area contributed by atoms with Crippen molar-refractivity contribution in [3.8, 4) is 11.4 Å². The third-order valence-electron chi connectivity index (χ3n) is 4.11. The van der Waals surface area contributed by atoms with Crippen LogP contribution in [0.4, 0.5) is 5.69 Å². The Kier molecular flexibility index (Phi) is 6.89. The highest BCUT2D eigenvalue weighted by molar-refractivity contribution is 7.99. The van der Waals surface area contributed by atoms with E-state index < -0.39 is 0 Å². The first-order valence-electron chi connectivity index (χ1n) is 8.67. The van der Waals surface area contributed by atoms with Gasteiger partial charge in [0.2, 0.25) is 11.1 Å². The molecular formula is C19H20Cl2N6OS. The molecule has 1 aromatic heterocycles. The highest BCUT2D eigenvalue weighted by Crippen LogP contribution is 2.30. The summed E-state index contributed by atoms with van der Waals surface area (Å²) in [6, 6.07) is 13.0. The molecule has 29 heavy (non-hydrogen) atoms. The molecule has 0 saturated heterocycles. The van der Waals surface area contributed by atoms with E-state index in [0.717, 1.165) is 11.3 Å². The molecule has 10 heteroatoms. The van der Waals surface area contributed by atoms with E-state index in [1.807, 2.05) is 43.3 Å². The Hall–Kier alpha value is -2.42. The number of nitrogens with two attached hydrogens (primary N) is 1. The maximum Gasteiger partial charge on any atom is 0.230 e. The number of aromatic nitrogens is 3. The standard InChI is InChI=1S/C19H20Cl2N6OS/c1-26(2)14-6-3-12(4-7-14)10-23-17(28)11-29-19-25-24-18(27(19)22)15-8-5-13(20)9-16(15)21/h3-9H,10-11,22H2,1-2H3,(H,23,28). The van der Waals surface area contributed by atoms with E-state index in [-0.39, 0.29) is 11.7 Å². The van der Waals surface area contributed by atoms with Gasteiger partial charge < -0.3 is 16.1 Å². The maximum atomic E-state index is 12.2. The summed E-state index contributed by atoms with van der Waals surface area (Å²) in [6.45, 7) is 0.452. The Morgan fingerprint density at radius 3 is 2.55 bits per heavy atom. The van der Waals surface area contributed by atoms with E-state index in [0.29, 0.717) is 33.1 Å². The number of anilines is 1. The van der Waals surface area contributed by atoms with Gasteiger partial charge >= 0.3 is 0 Å². The van der Waals surface area contributed by atoms with Crippen molar-refractivity contribution in [1.82, 2.24) is 20.2 Å². The normalized spacial score (nSPS) is 10.8. The second-order valence-corrected chi connectivity index (χ2v) is 8.21. The molecule has 3 N–H and O–H groups in total. The van der Waals surface area contributed by atoms with Crippen molar-refractivity contribution in [1.29, 1.82) is 0 Å². The number of halogens is 2. The average molecular weight is 451 g/mol. The zero-order valence-electron chi connectivity index (χ0n) is 15.9. The van der Waals surface area contributed by atoms with Crippen molar-refractivity contribution in [3.05, 3.63) is 58.1 Å². The van der Waals surface area contributed by atoms with Gasteiger partial charge in [-0.15, -0.1) is 10.2 Å². The second kappa shape index (κ2) is 9.39. The summed E-state index contributed by atoms with van der Waals surface area (Å²) < 4.78 is 1.31. The largest absolute Gasteiger partial charge is 0.378 e. The molecule has 0 atom stereocenters. The number of carbonyl (C=O) groups excluding carboxylic acids is 1. The lowest BCUT2D eigenvalue weighted by Gasteiger charge is -2.12. The fourth-order valence-corrected chi connectivity index (χ4v) is 3.70. The minimum atomic E-state index is -0.124. The van der Waals surface area contributed by atoms with Gasteiger partial charge in [0.15, 0.2) is 5.82 Å². The third-order valence-corrected chi connectivity index (χ3v) is 5.60. The molecule has 3 rings (SSSR count). The van der Waals surface area contributed by atoms with Crippen LogP contribution in [0.15, 0.2) is 47.6 Å². The topological polar surface area (TPSA) is 89.1 Å². The summed E-state index contributed by atoms with van der Waals surface area (Å²) in [5.41, 5.74) is 2.74. The molecule has 0 bridgehead atoms. The van der Waals surface area contributed by atoms with Crippen LogP contribution in [0.5, 0.6) is 0 Å². The van der Waals surface area contributed by atoms with Gasteiger partial charge in [-0.2, -0.15) is 0 Å². The molecule has 0 aliphatic carbocycles. The van der Waals surface area contributed by atoms with Crippen molar-refractivity contribution in [2.24, 2.45) is 0 Å². The highest BCUT2D eigenvalue weighted by Gasteiger charge is 2.16. The maximum absolute atomic E-state index is 12.2. The first-order valence-corrected chi connectivity index (χ1v) is 10.4. The predicted octanol–water partition coefficient (Wildman–Crippen LogP) is 3.44. The first kappa shape index (κ1) is 21.3. The van der Waals surface area contributed by atoms with Crippen LogP contribution >= 0.6 is 35.0 Å². The fraction of sp³-hybridized carbons (Fsp3) is 0.211. The smallest absolute Gasteiger partial charge is 0.230 e. The monoisotopic (exact) mass is 450 g/mol. The van der Waals surface area contributed by atoms with E-state index in [4.69, 9.17) is 29.0 Å². The van der Waals surface area contributed by atoms with E-state index in [2.05, 4.69) is 15.5 Å². The van der Waals surface area contributed by atoms with Crippen LogP contribution in [0.2, 0.25) is 10.0 Å². The molecule has 0 spiro atoms. The molecule has 1 heterocycles. The van der Waals surface area contributed by atoms with E-state index in [1.165, 1.54) is 16.4 Å². The number of nitrogens with one attached hydrogen (secondary N) is 1. The molecule has 1 amide bonds.